The zero-order valence-corrected chi connectivity index (χ0v) is 13.9. The molecule has 18 heavy (non-hydrogen) atoms. The lowest BCUT2D eigenvalue weighted by Gasteiger charge is -2.29. The van der Waals surface area contributed by atoms with E-state index >= 15 is 0 Å². The maximum absolute atomic E-state index is 2.46. The van der Waals surface area contributed by atoms with Gasteiger partial charge >= 0.3 is 0 Å². The fourth-order valence-electron chi connectivity index (χ4n) is 2.79. The van der Waals surface area contributed by atoms with Crippen molar-refractivity contribution in [1.29, 1.82) is 0 Å². The van der Waals surface area contributed by atoms with Crippen molar-refractivity contribution in [1.82, 2.24) is 0 Å². The smallest absolute Gasteiger partial charge is 0.0317 e. The Kier molecular flexibility index (Phi) is 8.65. The van der Waals surface area contributed by atoms with Gasteiger partial charge in [0.05, 0.1) is 0 Å². The van der Waals surface area contributed by atoms with Gasteiger partial charge in [-0.25, -0.2) is 0 Å². The van der Waals surface area contributed by atoms with Crippen molar-refractivity contribution in [2.75, 3.05) is 0 Å². The van der Waals surface area contributed by atoms with E-state index in [0.29, 0.717) is 5.41 Å². The Morgan fingerprint density at radius 3 is 2.11 bits per heavy atom. The van der Waals surface area contributed by atoms with Gasteiger partial charge in [-0.15, -0.1) is 0 Å². The van der Waals surface area contributed by atoms with Crippen LogP contribution in [0.1, 0.15) is 80.6 Å². The second kappa shape index (κ2) is 8.77. The van der Waals surface area contributed by atoms with Crippen molar-refractivity contribution in [2.24, 2.45) is 23.2 Å². The Morgan fingerprint density at radius 2 is 1.67 bits per heavy atom. The van der Waals surface area contributed by atoms with Crippen LogP contribution in [0.2, 0.25) is 0 Å². The van der Waals surface area contributed by atoms with Crippen molar-refractivity contribution in [3.8, 4) is 0 Å². The van der Waals surface area contributed by atoms with Crippen LogP contribution in [0.25, 0.3) is 0 Å². The first-order valence-corrected chi connectivity index (χ1v) is 7.93. The van der Waals surface area contributed by atoms with Crippen molar-refractivity contribution >= 4 is 0 Å². The first kappa shape index (κ1) is 17.7. The van der Waals surface area contributed by atoms with Crippen LogP contribution in [-0.2, 0) is 0 Å². The molecule has 0 bridgehead atoms. The van der Waals surface area contributed by atoms with Crippen LogP contribution in [0.5, 0.6) is 0 Å². The van der Waals surface area contributed by atoms with E-state index in [-0.39, 0.29) is 0 Å². The third kappa shape index (κ3) is 7.95. The average Bonchev–Trinajstić information content (AvgIpc) is 2.27. The monoisotopic (exact) mass is 252 g/mol. The summed E-state index contributed by atoms with van der Waals surface area (Å²) in [5.41, 5.74) is 0.495. The number of allylic oxidation sites excluding steroid dienone is 2. The minimum absolute atomic E-state index is 0.495. The number of hydrogen-bond donors (Lipinski definition) is 0. The van der Waals surface area contributed by atoms with Gasteiger partial charge in [0.1, 0.15) is 0 Å². The van der Waals surface area contributed by atoms with Crippen molar-refractivity contribution in [2.45, 2.75) is 80.6 Å². The summed E-state index contributed by atoms with van der Waals surface area (Å²) in [4.78, 5) is 0. The first-order chi connectivity index (χ1) is 8.31. The summed E-state index contributed by atoms with van der Waals surface area (Å²) in [7, 11) is 0. The predicted octanol–water partition coefficient (Wildman–Crippen LogP) is 6.47. The first-order valence-electron chi connectivity index (χ1n) is 7.93. The highest BCUT2D eigenvalue weighted by molar-refractivity contribution is 4.84. The summed E-state index contributed by atoms with van der Waals surface area (Å²) in [6.07, 6.45) is 11.3. The van der Waals surface area contributed by atoms with Crippen LogP contribution in [0.4, 0.5) is 0 Å². The third-order valence-corrected chi connectivity index (χ3v) is 4.34. The Bertz CT molecular complexity index is 219. The fraction of sp³-hybridized carbons (Fsp3) is 0.889. The highest BCUT2D eigenvalue weighted by atomic mass is 14.3. The van der Waals surface area contributed by atoms with E-state index in [0.717, 1.165) is 17.8 Å². The van der Waals surface area contributed by atoms with Crippen molar-refractivity contribution in [3.63, 3.8) is 0 Å². The molecule has 3 unspecified atom stereocenters. The zero-order chi connectivity index (χ0) is 14.2. The Hall–Kier alpha value is -0.260. The number of rotatable bonds is 8. The largest absolute Gasteiger partial charge is 0.0917 e. The molecule has 0 nitrogen and oxygen atoms in total. The van der Waals surface area contributed by atoms with E-state index < -0.39 is 0 Å². The van der Waals surface area contributed by atoms with Gasteiger partial charge in [-0.3, -0.25) is 0 Å². The van der Waals surface area contributed by atoms with Gasteiger partial charge in [-0.1, -0.05) is 73.0 Å². The van der Waals surface area contributed by atoms with Crippen molar-refractivity contribution < 1.29 is 0 Å². The maximum atomic E-state index is 2.46. The molecule has 0 saturated heterocycles. The average molecular weight is 252 g/mol. The van der Waals surface area contributed by atoms with Crippen LogP contribution in [0.15, 0.2) is 12.2 Å². The standard InChI is InChI=1S/C18H36/c1-8-10-13-17(15(3)9-2)16(4)12-11-14-18(5,6)7/h8,10,15-17H,9,11-14H2,1-7H3/b10-8+. The van der Waals surface area contributed by atoms with Crippen LogP contribution in [0, 0.1) is 23.2 Å². The summed E-state index contributed by atoms with van der Waals surface area (Å²) in [5, 5.41) is 0. The molecule has 0 spiro atoms. The Balaban J connectivity index is 4.24. The van der Waals surface area contributed by atoms with E-state index in [4.69, 9.17) is 0 Å². The van der Waals surface area contributed by atoms with Gasteiger partial charge in [0.15, 0.2) is 0 Å². The normalized spacial score (nSPS) is 17.9. The molecule has 0 heterocycles. The summed E-state index contributed by atoms with van der Waals surface area (Å²) in [6.45, 7) is 16.4. The van der Waals surface area contributed by atoms with Crippen LogP contribution in [-0.4, -0.2) is 0 Å². The molecule has 0 aromatic carbocycles. The molecule has 108 valence electrons. The molecule has 3 atom stereocenters. The summed E-state index contributed by atoms with van der Waals surface area (Å²) in [6, 6.07) is 0. The molecule has 0 aromatic rings. The van der Waals surface area contributed by atoms with E-state index in [2.05, 4.69) is 60.6 Å². The molecule has 0 N–H and O–H groups in total. The zero-order valence-electron chi connectivity index (χ0n) is 13.9. The predicted molar refractivity (Wildman–Crippen MR) is 84.8 cm³/mol. The lowest BCUT2D eigenvalue weighted by atomic mass is 9.76. The van der Waals surface area contributed by atoms with Gasteiger partial charge < -0.3 is 0 Å². The molecule has 0 radical (unpaired) electrons. The molecule has 0 aliphatic carbocycles. The number of hydrogen-bond acceptors (Lipinski definition) is 0. The van der Waals surface area contributed by atoms with Crippen molar-refractivity contribution in [3.05, 3.63) is 12.2 Å². The molecule has 0 aliphatic rings. The Morgan fingerprint density at radius 1 is 1.06 bits per heavy atom. The molecule has 0 heteroatoms. The Labute approximate surface area is 116 Å². The quantitative estimate of drug-likeness (QED) is 0.434. The van der Waals surface area contributed by atoms with Gasteiger partial charge in [-0.2, -0.15) is 0 Å². The molecule has 0 saturated carbocycles. The molecular weight excluding hydrogens is 216 g/mol. The SMILES string of the molecule is C/C=C/CC(C(C)CC)C(C)CCCC(C)(C)C. The minimum Gasteiger partial charge on any atom is -0.0917 e. The molecular formula is C18H36. The van der Waals surface area contributed by atoms with E-state index in [1.165, 1.54) is 32.1 Å². The molecule has 0 fully saturated rings. The van der Waals surface area contributed by atoms with Crippen LogP contribution in [0.3, 0.4) is 0 Å². The summed E-state index contributed by atoms with van der Waals surface area (Å²) >= 11 is 0. The van der Waals surface area contributed by atoms with E-state index in [1.54, 1.807) is 0 Å². The van der Waals surface area contributed by atoms with Gasteiger partial charge in [0.25, 0.3) is 0 Å². The van der Waals surface area contributed by atoms with E-state index in [1.807, 2.05) is 0 Å². The molecule has 0 aliphatic heterocycles. The van der Waals surface area contributed by atoms with Crippen LogP contribution < -0.4 is 0 Å². The highest BCUT2D eigenvalue weighted by Crippen LogP contribution is 2.32. The lowest BCUT2D eigenvalue weighted by Crippen LogP contribution is -2.19. The molecule has 0 aromatic heterocycles. The van der Waals surface area contributed by atoms with Gasteiger partial charge in [0, 0.05) is 0 Å². The second-order valence-electron chi connectivity index (χ2n) is 7.28. The van der Waals surface area contributed by atoms with Gasteiger partial charge in [-0.05, 0) is 42.9 Å². The second-order valence-corrected chi connectivity index (χ2v) is 7.28. The minimum atomic E-state index is 0.495. The molecule has 0 rings (SSSR count). The summed E-state index contributed by atoms with van der Waals surface area (Å²) < 4.78 is 0. The molecule has 0 amide bonds. The highest BCUT2D eigenvalue weighted by Gasteiger charge is 2.21. The van der Waals surface area contributed by atoms with Gasteiger partial charge in [0.2, 0.25) is 0 Å². The topological polar surface area (TPSA) is 0 Å². The third-order valence-electron chi connectivity index (χ3n) is 4.34. The van der Waals surface area contributed by atoms with Crippen LogP contribution >= 0.6 is 0 Å². The maximum Gasteiger partial charge on any atom is -0.0317 e. The lowest BCUT2D eigenvalue weighted by molar-refractivity contribution is 0.226. The fourth-order valence-corrected chi connectivity index (χ4v) is 2.79. The summed E-state index contributed by atoms with van der Waals surface area (Å²) in [5.74, 6) is 2.58. The van der Waals surface area contributed by atoms with E-state index in [9.17, 15) is 0 Å².